The molecule has 110 valence electrons. The minimum atomic E-state index is -4.46. The first kappa shape index (κ1) is 13.6. The normalized spacial score (nSPS) is 15.2. The summed E-state index contributed by atoms with van der Waals surface area (Å²) in [5.41, 5.74) is -0.293. The van der Waals surface area contributed by atoms with Crippen molar-refractivity contribution in [3.63, 3.8) is 0 Å². The number of nitrogens with zero attached hydrogens (tertiary/aromatic N) is 3. The fourth-order valence-corrected chi connectivity index (χ4v) is 2.13. The molecule has 0 bridgehead atoms. The lowest BCUT2D eigenvalue weighted by Crippen LogP contribution is -2.09. The molecule has 0 spiro atoms. The van der Waals surface area contributed by atoms with E-state index in [1.54, 1.807) is 0 Å². The van der Waals surface area contributed by atoms with Crippen LogP contribution in [0.15, 0.2) is 24.5 Å². The molecular formula is C13H10F3N3O2. The molecule has 2 aromatic rings. The maximum absolute atomic E-state index is 12.5. The van der Waals surface area contributed by atoms with Crippen molar-refractivity contribution in [2.75, 3.05) is 0 Å². The largest absolute Gasteiger partial charge is 0.478 e. The van der Waals surface area contributed by atoms with Gasteiger partial charge in [0.2, 0.25) is 0 Å². The molecule has 1 saturated carbocycles. The highest BCUT2D eigenvalue weighted by Crippen LogP contribution is 2.42. The first-order chi connectivity index (χ1) is 9.88. The van der Waals surface area contributed by atoms with Crippen LogP contribution in [0, 0.1) is 0 Å². The van der Waals surface area contributed by atoms with Gasteiger partial charge in [-0.1, -0.05) is 0 Å². The van der Waals surface area contributed by atoms with Crippen molar-refractivity contribution in [1.82, 2.24) is 14.8 Å². The van der Waals surface area contributed by atoms with Crippen molar-refractivity contribution in [1.29, 1.82) is 0 Å². The number of rotatable bonds is 3. The summed E-state index contributed by atoms with van der Waals surface area (Å²) in [6.07, 6.45) is -0.857. The summed E-state index contributed by atoms with van der Waals surface area (Å²) in [5.74, 6) is -0.852. The van der Waals surface area contributed by atoms with Crippen LogP contribution in [0.5, 0.6) is 0 Å². The zero-order valence-corrected chi connectivity index (χ0v) is 10.6. The Bertz CT molecular complexity index is 688. The van der Waals surface area contributed by atoms with Crippen LogP contribution in [0.1, 0.15) is 40.4 Å². The molecule has 1 N–H and O–H groups in total. The van der Waals surface area contributed by atoms with Crippen LogP contribution < -0.4 is 0 Å². The molecule has 1 aliphatic rings. The SMILES string of the molecule is O=C(O)c1cnn(-c2ccc(C(F)(F)F)cn2)c1C1CC1. The highest BCUT2D eigenvalue weighted by atomic mass is 19.4. The summed E-state index contributed by atoms with van der Waals surface area (Å²) in [6.45, 7) is 0. The Labute approximate surface area is 117 Å². The number of hydrogen-bond acceptors (Lipinski definition) is 3. The van der Waals surface area contributed by atoms with Crippen LogP contribution in [0.3, 0.4) is 0 Å². The van der Waals surface area contributed by atoms with E-state index < -0.39 is 17.7 Å². The van der Waals surface area contributed by atoms with E-state index in [1.165, 1.54) is 16.9 Å². The Hall–Kier alpha value is -2.38. The minimum Gasteiger partial charge on any atom is -0.478 e. The van der Waals surface area contributed by atoms with Gasteiger partial charge in [-0.15, -0.1) is 0 Å². The topological polar surface area (TPSA) is 68.0 Å². The molecule has 0 saturated heterocycles. The van der Waals surface area contributed by atoms with Gasteiger partial charge in [0, 0.05) is 12.1 Å². The maximum Gasteiger partial charge on any atom is 0.417 e. The van der Waals surface area contributed by atoms with Crippen LogP contribution >= 0.6 is 0 Å². The monoisotopic (exact) mass is 297 g/mol. The molecule has 0 unspecified atom stereocenters. The molecule has 21 heavy (non-hydrogen) atoms. The number of halogens is 3. The van der Waals surface area contributed by atoms with Gasteiger partial charge in [0.1, 0.15) is 5.56 Å². The van der Waals surface area contributed by atoms with Crippen molar-refractivity contribution in [3.8, 4) is 5.82 Å². The molecule has 2 aromatic heterocycles. The van der Waals surface area contributed by atoms with Gasteiger partial charge in [0.25, 0.3) is 0 Å². The van der Waals surface area contributed by atoms with Crippen LogP contribution in [-0.4, -0.2) is 25.8 Å². The van der Waals surface area contributed by atoms with Gasteiger partial charge in [0.15, 0.2) is 5.82 Å². The van der Waals surface area contributed by atoms with E-state index in [0.717, 1.165) is 18.9 Å². The average molecular weight is 297 g/mol. The standard InChI is InChI=1S/C13H10F3N3O2/c14-13(15,16)8-3-4-10(17-5-8)19-11(7-1-2-7)9(6-18-19)12(20)21/h3-7H,1-2H2,(H,20,21). The van der Waals surface area contributed by atoms with E-state index in [9.17, 15) is 18.0 Å². The molecule has 0 atom stereocenters. The first-order valence-corrected chi connectivity index (χ1v) is 6.23. The summed E-state index contributed by atoms with van der Waals surface area (Å²) in [7, 11) is 0. The van der Waals surface area contributed by atoms with Crippen molar-refractivity contribution < 1.29 is 23.1 Å². The van der Waals surface area contributed by atoms with Crippen LogP contribution in [0.25, 0.3) is 5.82 Å². The Morgan fingerprint density at radius 1 is 1.29 bits per heavy atom. The summed E-state index contributed by atoms with van der Waals surface area (Å²) in [6, 6.07) is 2.09. The van der Waals surface area contributed by atoms with Gasteiger partial charge < -0.3 is 5.11 Å². The fourth-order valence-electron chi connectivity index (χ4n) is 2.13. The fraction of sp³-hybridized carbons (Fsp3) is 0.308. The van der Waals surface area contributed by atoms with E-state index in [0.29, 0.717) is 11.9 Å². The lowest BCUT2D eigenvalue weighted by atomic mass is 10.2. The summed E-state index contributed by atoms with van der Waals surface area (Å²) >= 11 is 0. The van der Waals surface area contributed by atoms with E-state index >= 15 is 0 Å². The highest BCUT2D eigenvalue weighted by Gasteiger charge is 2.34. The number of pyridine rings is 1. The number of carboxylic acids is 1. The van der Waals surface area contributed by atoms with Crippen LogP contribution in [0.2, 0.25) is 0 Å². The Morgan fingerprint density at radius 2 is 2.00 bits per heavy atom. The molecule has 0 aliphatic heterocycles. The number of carbonyl (C=O) groups is 1. The summed E-state index contributed by atoms with van der Waals surface area (Å²) in [5, 5.41) is 13.1. The Morgan fingerprint density at radius 3 is 2.48 bits per heavy atom. The third-order valence-corrected chi connectivity index (χ3v) is 3.29. The predicted octanol–water partition coefficient (Wildman–Crippen LogP) is 2.86. The highest BCUT2D eigenvalue weighted by molar-refractivity contribution is 5.89. The lowest BCUT2D eigenvalue weighted by Gasteiger charge is -2.09. The second-order valence-electron chi connectivity index (χ2n) is 4.84. The first-order valence-electron chi connectivity index (χ1n) is 6.23. The van der Waals surface area contributed by atoms with Gasteiger partial charge >= 0.3 is 12.1 Å². The zero-order chi connectivity index (χ0) is 15.2. The van der Waals surface area contributed by atoms with E-state index in [4.69, 9.17) is 5.11 Å². The van der Waals surface area contributed by atoms with E-state index in [2.05, 4.69) is 10.1 Å². The zero-order valence-electron chi connectivity index (χ0n) is 10.6. The number of carboxylic acid groups (broad SMARTS) is 1. The molecule has 5 nitrogen and oxygen atoms in total. The summed E-state index contributed by atoms with van der Waals surface area (Å²) < 4.78 is 38.8. The lowest BCUT2D eigenvalue weighted by molar-refractivity contribution is -0.137. The molecule has 1 aliphatic carbocycles. The minimum absolute atomic E-state index is 0.0687. The van der Waals surface area contributed by atoms with Crippen LogP contribution in [-0.2, 0) is 6.18 Å². The smallest absolute Gasteiger partial charge is 0.417 e. The maximum atomic E-state index is 12.5. The van der Waals surface area contributed by atoms with E-state index in [1.807, 2.05) is 0 Å². The molecule has 0 amide bonds. The Kier molecular flexibility index (Phi) is 2.96. The van der Waals surface area contributed by atoms with Crippen LogP contribution in [0.4, 0.5) is 13.2 Å². The number of hydrogen-bond donors (Lipinski definition) is 1. The van der Waals surface area contributed by atoms with Crippen molar-refractivity contribution in [2.45, 2.75) is 24.9 Å². The van der Waals surface area contributed by atoms with Crippen molar-refractivity contribution >= 4 is 5.97 Å². The van der Waals surface area contributed by atoms with Gasteiger partial charge in [0.05, 0.1) is 17.5 Å². The van der Waals surface area contributed by atoms with Gasteiger partial charge in [-0.2, -0.15) is 18.3 Å². The number of aromatic carboxylic acids is 1. The van der Waals surface area contributed by atoms with Crippen molar-refractivity contribution in [2.24, 2.45) is 0 Å². The molecule has 8 heteroatoms. The summed E-state index contributed by atoms with van der Waals surface area (Å²) in [4.78, 5) is 14.9. The van der Waals surface area contributed by atoms with Gasteiger partial charge in [-0.05, 0) is 25.0 Å². The number of alkyl halides is 3. The quantitative estimate of drug-likeness (QED) is 0.946. The second kappa shape index (κ2) is 4.57. The average Bonchev–Trinajstić information content (AvgIpc) is 3.16. The third kappa shape index (κ3) is 2.48. The second-order valence-corrected chi connectivity index (χ2v) is 4.84. The van der Waals surface area contributed by atoms with E-state index in [-0.39, 0.29) is 17.3 Å². The van der Waals surface area contributed by atoms with Gasteiger partial charge in [-0.25, -0.2) is 14.5 Å². The molecule has 1 fully saturated rings. The predicted molar refractivity (Wildman–Crippen MR) is 65.3 cm³/mol. The molecular weight excluding hydrogens is 287 g/mol. The number of aromatic nitrogens is 3. The Balaban J connectivity index is 2.03. The molecule has 0 aromatic carbocycles. The van der Waals surface area contributed by atoms with Crippen molar-refractivity contribution in [3.05, 3.63) is 41.3 Å². The third-order valence-electron chi connectivity index (χ3n) is 3.29. The molecule has 2 heterocycles. The molecule has 0 radical (unpaired) electrons. The van der Waals surface area contributed by atoms with Gasteiger partial charge in [-0.3, -0.25) is 0 Å². The molecule has 3 rings (SSSR count).